The summed E-state index contributed by atoms with van der Waals surface area (Å²) >= 11 is 0. The number of carbonyl (C=O) groups is 1. The first-order valence-corrected chi connectivity index (χ1v) is 6.92. The van der Waals surface area contributed by atoms with Crippen molar-refractivity contribution in [2.24, 2.45) is 0 Å². The van der Waals surface area contributed by atoms with Gasteiger partial charge < -0.3 is 5.32 Å². The second-order valence-electron chi connectivity index (χ2n) is 5.45. The summed E-state index contributed by atoms with van der Waals surface area (Å²) in [5, 5.41) is 2.84. The van der Waals surface area contributed by atoms with E-state index in [1.54, 1.807) is 0 Å². The fourth-order valence-electron chi connectivity index (χ4n) is 2.70. The Morgan fingerprint density at radius 1 is 1.50 bits per heavy atom. The summed E-state index contributed by atoms with van der Waals surface area (Å²) in [6.45, 7) is 10.8. The first-order chi connectivity index (χ1) is 9.51. The van der Waals surface area contributed by atoms with Gasteiger partial charge in [0, 0.05) is 24.7 Å². The molecular formula is C17H22N2O. The number of aryl methyl sites for hydroxylation is 1. The van der Waals surface area contributed by atoms with Crippen LogP contribution in [-0.4, -0.2) is 23.9 Å². The molecule has 1 fully saturated rings. The second-order valence-corrected chi connectivity index (χ2v) is 5.45. The van der Waals surface area contributed by atoms with Crippen molar-refractivity contribution in [3.8, 4) is 0 Å². The van der Waals surface area contributed by atoms with Crippen LogP contribution in [0.5, 0.6) is 0 Å². The molecular weight excluding hydrogens is 248 g/mol. The third-order valence-electron chi connectivity index (χ3n) is 3.82. The number of nitrogens with one attached hydrogen (secondary N) is 1. The summed E-state index contributed by atoms with van der Waals surface area (Å²) in [4.78, 5) is 13.6. The van der Waals surface area contributed by atoms with Crippen molar-refractivity contribution in [1.29, 1.82) is 0 Å². The lowest BCUT2D eigenvalue weighted by Gasteiger charge is -2.33. The van der Waals surface area contributed by atoms with Crippen LogP contribution in [0.1, 0.15) is 29.5 Å². The molecule has 3 heteroatoms. The smallest absolute Gasteiger partial charge is 0.224 e. The normalized spacial score (nSPS) is 19.1. The Morgan fingerprint density at radius 2 is 2.25 bits per heavy atom. The van der Waals surface area contributed by atoms with Crippen LogP contribution in [-0.2, 0) is 11.3 Å². The SMILES string of the molecule is C=Cc1ccc(C)cc1CN(C)C1CCC(=O)NC1=C. The van der Waals surface area contributed by atoms with E-state index in [1.165, 1.54) is 11.1 Å². The molecule has 1 aromatic rings. The average molecular weight is 270 g/mol. The molecule has 2 rings (SSSR count). The van der Waals surface area contributed by atoms with Crippen LogP contribution in [0.2, 0.25) is 0 Å². The lowest BCUT2D eigenvalue weighted by atomic mass is 10.00. The predicted molar refractivity (Wildman–Crippen MR) is 83.0 cm³/mol. The highest BCUT2D eigenvalue weighted by Gasteiger charge is 2.25. The Bertz CT molecular complexity index is 548. The largest absolute Gasteiger partial charge is 0.329 e. The number of hydrogen-bond donors (Lipinski definition) is 1. The van der Waals surface area contributed by atoms with Crippen LogP contribution in [0.4, 0.5) is 0 Å². The van der Waals surface area contributed by atoms with Crippen LogP contribution >= 0.6 is 0 Å². The standard InChI is InChI=1S/C17H22N2O/c1-5-14-7-6-12(2)10-15(14)11-19(4)16-8-9-17(20)18-13(16)3/h5-7,10,16H,1,3,8-9,11H2,2,4H3,(H,18,20). The number of carbonyl (C=O) groups excluding carboxylic acids is 1. The fraction of sp³-hybridized carbons (Fsp3) is 0.353. The van der Waals surface area contributed by atoms with Gasteiger partial charge in [0.1, 0.15) is 0 Å². The monoisotopic (exact) mass is 270 g/mol. The zero-order chi connectivity index (χ0) is 14.7. The minimum Gasteiger partial charge on any atom is -0.329 e. The molecule has 106 valence electrons. The van der Waals surface area contributed by atoms with Gasteiger partial charge in [0.05, 0.1) is 0 Å². The van der Waals surface area contributed by atoms with Crippen LogP contribution < -0.4 is 5.32 Å². The molecule has 3 nitrogen and oxygen atoms in total. The number of amides is 1. The maximum atomic E-state index is 11.3. The number of nitrogens with zero attached hydrogens (tertiary/aromatic N) is 1. The molecule has 1 atom stereocenters. The lowest BCUT2D eigenvalue weighted by molar-refractivity contribution is -0.121. The Hall–Kier alpha value is -1.87. The van der Waals surface area contributed by atoms with E-state index in [2.05, 4.69) is 55.5 Å². The van der Waals surface area contributed by atoms with Crippen molar-refractivity contribution in [2.75, 3.05) is 7.05 Å². The topological polar surface area (TPSA) is 32.3 Å². The highest BCUT2D eigenvalue weighted by molar-refractivity contribution is 5.79. The number of likely N-dealkylation sites (N-methyl/N-ethyl adjacent to an activating group) is 1. The maximum Gasteiger partial charge on any atom is 0.224 e. The minimum absolute atomic E-state index is 0.0713. The molecule has 1 amide bonds. The van der Waals surface area contributed by atoms with Gasteiger partial charge in [-0.3, -0.25) is 9.69 Å². The fourth-order valence-corrected chi connectivity index (χ4v) is 2.70. The van der Waals surface area contributed by atoms with Gasteiger partial charge in [-0.25, -0.2) is 0 Å². The van der Waals surface area contributed by atoms with Crippen molar-refractivity contribution < 1.29 is 4.79 Å². The molecule has 1 aliphatic heterocycles. The summed E-state index contributed by atoms with van der Waals surface area (Å²) in [6.07, 6.45) is 3.28. The van der Waals surface area contributed by atoms with Gasteiger partial charge in [-0.1, -0.05) is 43.0 Å². The highest BCUT2D eigenvalue weighted by Crippen LogP contribution is 2.21. The van der Waals surface area contributed by atoms with Crippen molar-refractivity contribution in [3.05, 3.63) is 53.7 Å². The van der Waals surface area contributed by atoms with Crippen molar-refractivity contribution in [1.82, 2.24) is 10.2 Å². The van der Waals surface area contributed by atoms with Crippen LogP contribution in [0.3, 0.4) is 0 Å². The first kappa shape index (κ1) is 14.5. The van der Waals surface area contributed by atoms with Gasteiger partial charge in [0.15, 0.2) is 0 Å². The molecule has 0 aromatic heterocycles. The average Bonchev–Trinajstić information content (AvgIpc) is 2.38. The number of rotatable bonds is 4. The molecule has 0 aliphatic carbocycles. The maximum absolute atomic E-state index is 11.3. The third kappa shape index (κ3) is 3.17. The second kappa shape index (κ2) is 6.06. The van der Waals surface area contributed by atoms with Crippen molar-refractivity contribution in [2.45, 2.75) is 32.4 Å². The quantitative estimate of drug-likeness (QED) is 0.912. The van der Waals surface area contributed by atoms with E-state index in [0.29, 0.717) is 6.42 Å². The van der Waals surface area contributed by atoms with Crippen LogP contribution in [0.15, 0.2) is 37.1 Å². The van der Waals surface area contributed by atoms with Crippen molar-refractivity contribution >= 4 is 12.0 Å². The molecule has 1 N–H and O–H groups in total. The predicted octanol–water partition coefficient (Wildman–Crippen LogP) is 2.86. The van der Waals surface area contributed by atoms with E-state index in [4.69, 9.17) is 0 Å². The van der Waals surface area contributed by atoms with Crippen molar-refractivity contribution in [3.63, 3.8) is 0 Å². The van der Waals surface area contributed by atoms with Gasteiger partial charge in [0.2, 0.25) is 5.91 Å². The number of hydrogen-bond acceptors (Lipinski definition) is 2. The minimum atomic E-state index is 0.0713. The molecule has 1 unspecified atom stereocenters. The van der Waals surface area contributed by atoms with Gasteiger partial charge in [-0.2, -0.15) is 0 Å². The zero-order valence-electron chi connectivity index (χ0n) is 12.3. The lowest BCUT2D eigenvalue weighted by Crippen LogP contribution is -2.43. The molecule has 20 heavy (non-hydrogen) atoms. The summed E-state index contributed by atoms with van der Waals surface area (Å²) < 4.78 is 0. The summed E-state index contributed by atoms with van der Waals surface area (Å²) in [5.41, 5.74) is 4.46. The molecule has 1 aromatic carbocycles. The van der Waals surface area contributed by atoms with E-state index in [9.17, 15) is 4.79 Å². The molecule has 1 saturated heterocycles. The zero-order valence-corrected chi connectivity index (χ0v) is 12.3. The number of benzene rings is 1. The van der Waals surface area contributed by atoms with E-state index < -0.39 is 0 Å². The molecule has 1 heterocycles. The summed E-state index contributed by atoms with van der Waals surface area (Å²) in [5.74, 6) is 0.0713. The Labute approximate surface area is 121 Å². The molecule has 0 radical (unpaired) electrons. The van der Waals surface area contributed by atoms with Gasteiger partial charge in [0.25, 0.3) is 0 Å². The first-order valence-electron chi connectivity index (χ1n) is 6.92. The van der Waals surface area contributed by atoms with E-state index in [0.717, 1.165) is 24.2 Å². The molecule has 0 saturated carbocycles. The Morgan fingerprint density at radius 3 is 2.90 bits per heavy atom. The van der Waals surface area contributed by atoms with Gasteiger partial charge in [-0.05, 0) is 31.5 Å². The third-order valence-corrected chi connectivity index (χ3v) is 3.82. The van der Waals surface area contributed by atoms with Gasteiger partial charge >= 0.3 is 0 Å². The van der Waals surface area contributed by atoms with Gasteiger partial charge in [-0.15, -0.1) is 0 Å². The van der Waals surface area contributed by atoms with E-state index >= 15 is 0 Å². The summed E-state index contributed by atoms with van der Waals surface area (Å²) in [7, 11) is 2.07. The van der Waals surface area contributed by atoms with Crippen LogP contribution in [0, 0.1) is 6.92 Å². The van der Waals surface area contributed by atoms with Crippen LogP contribution in [0.25, 0.3) is 6.08 Å². The molecule has 1 aliphatic rings. The highest BCUT2D eigenvalue weighted by atomic mass is 16.1. The number of piperidine rings is 1. The molecule has 0 spiro atoms. The Kier molecular flexibility index (Phi) is 4.40. The summed E-state index contributed by atoms with van der Waals surface area (Å²) in [6, 6.07) is 6.59. The Balaban J connectivity index is 2.13. The van der Waals surface area contributed by atoms with E-state index in [-0.39, 0.29) is 11.9 Å². The van der Waals surface area contributed by atoms with E-state index in [1.807, 2.05) is 6.08 Å². The molecule has 0 bridgehead atoms.